The lowest BCUT2D eigenvalue weighted by Gasteiger charge is -2.12. The van der Waals surface area contributed by atoms with Crippen molar-refractivity contribution in [2.75, 3.05) is 11.6 Å². The first kappa shape index (κ1) is 28.1. The highest BCUT2D eigenvalue weighted by Gasteiger charge is 2.23. The third-order valence-electron chi connectivity index (χ3n) is 6.93. The molecule has 218 valence electrons. The van der Waals surface area contributed by atoms with Crippen molar-refractivity contribution < 1.29 is 22.0 Å². The molecule has 1 amide bonds. The fraction of sp³-hybridized carbons (Fsp3) is 0.138. The number of sulfone groups is 1. The average Bonchev–Trinajstić information content (AvgIpc) is 3.61. The lowest BCUT2D eigenvalue weighted by Crippen LogP contribution is -2.20. The molecular weight excluding hydrogens is 578 g/mol. The van der Waals surface area contributed by atoms with Gasteiger partial charge in [-0.15, -0.1) is 0 Å². The van der Waals surface area contributed by atoms with Crippen LogP contribution in [-0.4, -0.2) is 50.7 Å². The number of aromatic nitrogens is 6. The van der Waals surface area contributed by atoms with Crippen LogP contribution in [0, 0.1) is 11.6 Å². The van der Waals surface area contributed by atoms with Crippen molar-refractivity contribution in [1.82, 2.24) is 30.1 Å². The van der Waals surface area contributed by atoms with Gasteiger partial charge in [0.15, 0.2) is 15.7 Å². The lowest BCUT2D eigenvalue weighted by atomic mass is 10.0. The van der Waals surface area contributed by atoms with E-state index in [1.807, 2.05) is 0 Å². The van der Waals surface area contributed by atoms with Crippen molar-refractivity contribution >= 4 is 43.4 Å². The quantitative estimate of drug-likeness (QED) is 0.201. The van der Waals surface area contributed by atoms with Gasteiger partial charge in [-0.1, -0.05) is 6.92 Å². The number of pyridine rings is 2. The molecular formula is C29H24F2N8O3S. The number of halogens is 2. The Balaban J connectivity index is 1.46. The molecule has 5 N–H and O–H groups in total. The topological polar surface area (TPSA) is 172 Å². The van der Waals surface area contributed by atoms with Gasteiger partial charge >= 0.3 is 0 Å². The molecule has 2 aromatic carbocycles. The minimum absolute atomic E-state index is 0.0628. The number of hydrogen-bond acceptors (Lipinski definition) is 8. The Morgan fingerprint density at radius 1 is 1.05 bits per heavy atom. The largest absolute Gasteiger partial charge is 0.336 e. The molecule has 0 bridgehead atoms. The number of carbonyl (C=O) groups excluding carboxylic acids is 1. The Labute approximate surface area is 243 Å². The Morgan fingerprint density at radius 3 is 2.63 bits per heavy atom. The van der Waals surface area contributed by atoms with E-state index in [0.717, 1.165) is 12.3 Å². The van der Waals surface area contributed by atoms with E-state index in [1.165, 1.54) is 30.7 Å². The van der Waals surface area contributed by atoms with Crippen LogP contribution < -0.4 is 11.1 Å². The van der Waals surface area contributed by atoms with Crippen LogP contribution in [0.1, 0.15) is 24.3 Å². The summed E-state index contributed by atoms with van der Waals surface area (Å²) >= 11 is 0. The molecule has 1 atom stereocenters. The maximum absolute atomic E-state index is 16.1. The number of nitrogens with zero attached hydrogens (tertiary/aromatic N) is 4. The van der Waals surface area contributed by atoms with Gasteiger partial charge in [-0.3, -0.25) is 19.9 Å². The number of anilines is 1. The monoisotopic (exact) mass is 602 g/mol. The van der Waals surface area contributed by atoms with Crippen LogP contribution in [0.4, 0.5) is 14.5 Å². The zero-order valence-electron chi connectivity index (χ0n) is 22.8. The van der Waals surface area contributed by atoms with Gasteiger partial charge < -0.3 is 16.0 Å². The van der Waals surface area contributed by atoms with E-state index in [1.54, 1.807) is 31.2 Å². The van der Waals surface area contributed by atoms with Crippen molar-refractivity contribution in [2.24, 2.45) is 5.73 Å². The number of imidazole rings is 1. The molecule has 4 aromatic heterocycles. The van der Waals surface area contributed by atoms with Gasteiger partial charge in [-0.2, -0.15) is 5.10 Å². The molecule has 0 saturated heterocycles. The summed E-state index contributed by atoms with van der Waals surface area (Å²) in [7, 11) is -3.70. The Kier molecular flexibility index (Phi) is 6.94. The number of fused-ring (bicyclic) bond motifs is 2. The van der Waals surface area contributed by atoms with E-state index in [9.17, 15) is 17.6 Å². The molecule has 0 saturated carbocycles. The molecule has 4 heterocycles. The third-order valence-corrected chi connectivity index (χ3v) is 8.12. The van der Waals surface area contributed by atoms with Crippen LogP contribution >= 0.6 is 0 Å². The van der Waals surface area contributed by atoms with Crippen LogP contribution in [0.5, 0.6) is 0 Å². The summed E-state index contributed by atoms with van der Waals surface area (Å²) in [6.07, 6.45) is 5.71. The molecule has 0 spiro atoms. The number of amides is 1. The zero-order chi connectivity index (χ0) is 30.5. The molecule has 43 heavy (non-hydrogen) atoms. The number of hydrogen-bond donors (Lipinski definition) is 4. The number of benzene rings is 2. The highest BCUT2D eigenvalue weighted by Crippen LogP contribution is 2.36. The summed E-state index contributed by atoms with van der Waals surface area (Å²) in [5.41, 5.74) is 9.03. The summed E-state index contributed by atoms with van der Waals surface area (Å²) in [5.74, 6) is -1.25. The summed E-state index contributed by atoms with van der Waals surface area (Å²) < 4.78 is 54.8. The number of nitrogens with one attached hydrogen (secondary N) is 3. The Bertz CT molecular complexity index is 2160. The first-order valence-corrected chi connectivity index (χ1v) is 15.0. The Hall–Kier alpha value is -5.08. The molecule has 0 fully saturated rings. The van der Waals surface area contributed by atoms with Crippen molar-refractivity contribution in [3.63, 3.8) is 0 Å². The van der Waals surface area contributed by atoms with Gasteiger partial charge in [-0.25, -0.2) is 22.2 Å². The van der Waals surface area contributed by atoms with Gasteiger partial charge in [0.2, 0.25) is 5.91 Å². The number of carbonyl (C=O) groups is 1. The predicted octanol–water partition coefficient (Wildman–Crippen LogP) is 4.86. The van der Waals surface area contributed by atoms with Gasteiger partial charge in [-0.05, 0) is 48.0 Å². The molecule has 0 aliphatic carbocycles. The summed E-state index contributed by atoms with van der Waals surface area (Å²) in [6, 6.07) is 10.3. The van der Waals surface area contributed by atoms with E-state index in [-0.39, 0.29) is 51.6 Å². The molecule has 6 aromatic rings. The zero-order valence-corrected chi connectivity index (χ0v) is 23.6. The highest BCUT2D eigenvalue weighted by atomic mass is 32.2. The van der Waals surface area contributed by atoms with Crippen LogP contribution in [0.3, 0.4) is 0 Å². The number of nitrogens with two attached hydrogens (primary N) is 1. The fourth-order valence-corrected chi connectivity index (χ4v) is 5.42. The second-order valence-electron chi connectivity index (χ2n) is 9.95. The summed E-state index contributed by atoms with van der Waals surface area (Å²) in [5, 5.41) is 8.60. The number of H-pyrrole nitrogens is 2. The lowest BCUT2D eigenvalue weighted by molar-refractivity contribution is -0.115. The molecule has 0 aliphatic rings. The van der Waals surface area contributed by atoms with E-state index >= 15 is 4.39 Å². The molecule has 0 aliphatic heterocycles. The molecule has 14 heteroatoms. The predicted molar refractivity (Wildman–Crippen MR) is 158 cm³/mol. The van der Waals surface area contributed by atoms with Gasteiger partial charge in [0.05, 0.1) is 34.0 Å². The van der Waals surface area contributed by atoms with Crippen LogP contribution in [0.15, 0.2) is 61.1 Å². The van der Waals surface area contributed by atoms with Gasteiger partial charge in [0, 0.05) is 41.8 Å². The number of rotatable bonds is 7. The van der Waals surface area contributed by atoms with Gasteiger partial charge in [0.25, 0.3) is 0 Å². The van der Waals surface area contributed by atoms with Crippen molar-refractivity contribution in [3.05, 3.63) is 78.3 Å². The minimum atomic E-state index is -3.70. The smallest absolute Gasteiger partial charge is 0.224 e. The first-order valence-electron chi connectivity index (χ1n) is 13.1. The van der Waals surface area contributed by atoms with E-state index < -0.39 is 26.8 Å². The van der Waals surface area contributed by atoms with Crippen LogP contribution in [-0.2, 0) is 14.6 Å². The SMILES string of the molecule is CCC(=O)Nc1cncc(-c2ccc3[nH]nc(-c4nc5c(-c6cc(F)cc(C(N)S(C)(=O)=O)c6)nccc5[nH]4)c3c2F)c1. The molecule has 6 rings (SSSR count). The van der Waals surface area contributed by atoms with Crippen molar-refractivity contribution in [3.8, 4) is 33.9 Å². The van der Waals surface area contributed by atoms with Crippen LogP contribution in [0.2, 0.25) is 0 Å². The Morgan fingerprint density at radius 2 is 1.86 bits per heavy atom. The minimum Gasteiger partial charge on any atom is -0.336 e. The van der Waals surface area contributed by atoms with Crippen molar-refractivity contribution in [1.29, 1.82) is 0 Å². The van der Waals surface area contributed by atoms with Crippen molar-refractivity contribution in [2.45, 2.75) is 18.7 Å². The number of aromatic amines is 2. The van der Waals surface area contributed by atoms with E-state index in [4.69, 9.17) is 5.73 Å². The average molecular weight is 603 g/mol. The molecule has 11 nitrogen and oxygen atoms in total. The second-order valence-corrected chi connectivity index (χ2v) is 12.1. The van der Waals surface area contributed by atoms with Gasteiger partial charge in [0.1, 0.15) is 28.2 Å². The fourth-order valence-electron chi connectivity index (χ4n) is 4.79. The molecule has 1 unspecified atom stereocenters. The summed E-state index contributed by atoms with van der Waals surface area (Å²) in [4.78, 5) is 28.1. The maximum atomic E-state index is 16.1. The maximum Gasteiger partial charge on any atom is 0.224 e. The van der Waals surface area contributed by atoms with Crippen LogP contribution in [0.25, 0.3) is 55.8 Å². The standard InChI is InChI=1S/C29H24F2N8O3S/c1-3-22(40)35-18-11-16(12-33-13-18)19-4-5-20-23(24(19)31)27(39-38-20)29-36-21-6-7-34-25(26(21)37-29)14-8-15(10-17(30)9-14)28(32)43(2,41)42/h4-13,28H,3,32H2,1-2H3,(H,35,40)(H,36,37)(H,38,39). The van der Waals surface area contributed by atoms with E-state index in [2.05, 4.69) is 35.5 Å². The normalized spacial score (nSPS) is 12.6. The second kappa shape index (κ2) is 10.6. The first-order chi connectivity index (χ1) is 20.5. The van der Waals surface area contributed by atoms with E-state index in [0.29, 0.717) is 27.8 Å². The molecule has 0 radical (unpaired) electrons. The highest BCUT2D eigenvalue weighted by molar-refractivity contribution is 7.90. The third kappa shape index (κ3) is 5.21. The summed E-state index contributed by atoms with van der Waals surface area (Å²) in [6.45, 7) is 1.72.